The van der Waals surface area contributed by atoms with Gasteiger partial charge in [0.15, 0.2) is 0 Å². The third kappa shape index (κ3) is 3.97. The Morgan fingerprint density at radius 2 is 2.07 bits per heavy atom. The average molecular weight is 367 g/mol. The van der Waals surface area contributed by atoms with E-state index in [0.29, 0.717) is 23.4 Å². The first-order valence-electron chi connectivity index (χ1n) is 8.74. The van der Waals surface area contributed by atoms with Crippen LogP contribution in [0.25, 0.3) is 0 Å². The van der Waals surface area contributed by atoms with E-state index in [4.69, 9.17) is 4.74 Å². The van der Waals surface area contributed by atoms with Crippen molar-refractivity contribution >= 4 is 11.6 Å². The molecule has 0 bridgehead atoms. The minimum absolute atomic E-state index is 0.0420. The number of benzene rings is 1. The van der Waals surface area contributed by atoms with E-state index >= 15 is 0 Å². The van der Waals surface area contributed by atoms with Crippen molar-refractivity contribution in [3.05, 3.63) is 74.5 Å². The Morgan fingerprint density at radius 3 is 2.81 bits per heavy atom. The van der Waals surface area contributed by atoms with Crippen LogP contribution in [0.1, 0.15) is 39.2 Å². The van der Waals surface area contributed by atoms with Crippen molar-refractivity contribution in [3.63, 3.8) is 0 Å². The summed E-state index contributed by atoms with van der Waals surface area (Å²) in [4.78, 5) is 28.1. The number of methoxy groups -OCH3 is 1. The Balaban J connectivity index is 2.04. The fraction of sp³-hybridized carbons (Fsp3) is 0.300. The third-order valence-electron chi connectivity index (χ3n) is 4.59. The van der Waals surface area contributed by atoms with Gasteiger partial charge in [0.25, 0.3) is 11.6 Å². The first kappa shape index (κ1) is 18.6. The molecule has 2 aromatic rings. The molecule has 1 N–H and O–H groups in total. The number of rotatable bonds is 2. The number of nitro groups is 1. The number of amides is 1. The molecular formula is C20H21N3O4. The fourth-order valence-electron chi connectivity index (χ4n) is 3.31. The highest BCUT2D eigenvalue weighted by atomic mass is 16.6. The molecule has 1 aromatic heterocycles. The zero-order valence-electron chi connectivity index (χ0n) is 15.3. The zero-order chi connectivity index (χ0) is 19.4. The van der Waals surface area contributed by atoms with Crippen molar-refractivity contribution in [2.75, 3.05) is 7.11 Å². The Labute approximate surface area is 157 Å². The van der Waals surface area contributed by atoms with Crippen LogP contribution in [-0.2, 0) is 19.4 Å². The largest absolute Gasteiger partial charge is 0.481 e. The Kier molecular flexibility index (Phi) is 5.49. The molecule has 1 aromatic carbocycles. The number of nitrogens with one attached hydrogen (secondary N) is 1. The maximum absolute atomic E-state index is 12.8. The Morgan fingerprint density at radius 1 is 1.26 bits per heavy atom. The van der Waals surface area contributed by atoms with Gasteiger partial charge in [0.05, 0.1) is 12.0 Å². The molecular weight excluding hydrogens is 346 g/mol. The maximum atomic E-state index is 12.8. The smallest absolute Gasteiger partial charge is 0.273 e. The Bertz CT molecular complexity index is 922. The van der Waals surface area contributed by atoms with Gasteiger partial charge < -0.3 is 10.1 Å². The van der Waals surface area contributed by atoms with E-state index in [1.165, 1.54) is 12.1 Å². The molecule has 0 unspecified atom stereocenters. The van der Waals surface area contributed by atoms with Gasteiger partial charge in [-0.05, 0) is 43.9 Å². The molecule has 7 nitrogen and oxygen atoms in total. The number of aryl methyl sites for hydroxylation is 2. The quantitative estimate of drug-likeness (QED) is 0.499. The zero-order valence-corrected chi connectivity index (χ0v) is 15.3. The summed E-state index contributed by atoms with van der Waals surface area (Å²) in [5.74, 6) is 0.141. The van der Waals surface area contributed by atoms with E-state index in [2.05, 4.69) is 10.3 Å². The van der Waals surface area contributed by atoms with Gasteiger partial charge in [-0.15, -0.1) is 0 Å². The van der Waals surface area contributed by atoms with E-state index in [1.807, 2.05) is 25.1 Å². The summed E-state index contributed by atoms with van der Waals surface area (Å²) in [5.41, 5.74) is 3.45. The second-order valence-electron chi connectivity index (χ2n) is 6.37. The molecule has 0 spiro atoms. The first-order chi connectivity index (χ1) is 13.0. The minimum atomic E-state index is -0.448. The molecule has 3 rings (SSSR count). The molecule has 0 atom stereocenters. The van der Waals surface area contributed by atoms with Gasteiger partial charge in [-0.1, -0.05) is 18.2 Å². The van der Waals surface area contributed by atoms with Crippen LogP contribution in [0.3, 0.4) is 0 Å². The van der Waals surface area contributed by atoms with Crippen LogP contribution in [0, 0.1) is 17.0 Å². The lowest BCUT2D eigenvalue weighted by Crippen LogP contribution is -2.25. The van der Waals surface area contributed by atoms with E-state index in [0.717, 1.165) is 29.7 Å². The summed E-state index contributed by atoms with van der Waals surface area (Å²) in [6.07, 6.45) is 5.76. The SMILES string of the molecule is COc1nc(C)cc2c1CNC(=O)c1cccc([N+](=O)[O-])c1C/C=C/CC2. The second kappa shape index (κ2) is 7.99. The van der Waals surface area contributed by atoms with Gasteiger partial charge >= 0.3 is 0 Å². The second-order valence-corrected chi connectivity index (χ2v) is 6.37. The number of nitro benzene ring substituents is 1. The first-order valence-corrected chi connectivity index (χ1v) is 8.74. The van der Waals surface area contributed by atoms with E-state index in [1.54, 1.807) is 13.2 Å². The van der Waals surface area contributed by atoms with Crippen molar-refractivity contribution in [1.29, 1.82) is 0 Å². The monoisotopic (exact) mass is 367 g/mol. The molecule has 0 saturated carbocycles. The number of fused-ring (bicyclic) bond motifs is 2. The predicted molar refractivity (Wildman–Crippen MR) is 101 cm³/mol. The molecule has 0 fully saturated rings. The highest BCUT2D eigenvalue weighted by molar-refractivity contribution is 5.96. The van der Waals surface area contributed by atoms with Gasteiger partial charge in [-0.3, -0.25) is 14.9 Å². The highest BCUT2D eigenvalue weighted by Gasteiger charge is 2.21. The lowest BCUT2D eigenvalue weighted by molar-refractivity contribution is -0.385. The summed E-state index contributed by atoms with van der Waals surface area (Å²) in [5, 5.41) is 14.2. The molecule has 0 saturated heterocycles. The number of aromatic nitrogens is 1. The summed E-state index contributed by atoms with van der Waals surface area (Å²) in [7, 11) is 1.55. The molecule has 27 heavy (non-hydrogen) atoms. The standard InChI is InChI=1S/C20H21N3O4/c1-13-11-14-7-4-3-5-8-15-16(9-6-10-18(15)23(25)26)19(24)21-12-17(14)20(22-13)27-2/h3,5-6,9-11H,4,7-8,12H2,1-2H3,(H,21,24)/b5-3+. The number of carbonyl (C=O) groups is 1. The molecule has 1 aliphatic rings. The summed E-state index contributed by atoms with van der Waals surface area (Å²) < 4.78 is 5.40. The lowest BCUT2D eigenvalue weighted by Gasteiger charge is -2.16. The number of ether oxygens (including phenoxy) is 1. The van der Waals surface area contributed by atoms with Crippen molar-refractivity contribution in [2.24, 2.45) is 0 Å². The fourth-order valence-corrected chi connectivity index (χ4v) is 3.31. The lowest BCUT2D eigenvalue weighted by atomic mass is 9.98. The van der Waals surface area contributed by atoms with Crippen LogP contribution in [0.2, 0.25) is 0 Å². The number of hydrogen-bond acceptors (Lipinski definition) is 5. The van der Waals surface area contributed by atoms with Crippen molar-refractivity contribution in [2.45, 2.75) is 32.7 Å². The Hall–Kier alpha value is -3.22. The molecule has 1 amide bonds. The molecule has 140 valence electrons. The van der Waals surface area contributed by atoms with Crippen LogP contribution in [0.4, 0.5) is 5.69 Å². The minimum Gasteiger partial charge on any atom is -0.481 e. The molecule has 2 heterocycles. The van der Waals surface area contributed by atoms with Crippen molar-refractivity contribution in [1.82, 2.24) is 10.3 Å². The summed E-state index contributed by atoms with van der Waals surface area (Å²) in [6, 6.07) is 6.58. The molecule has 0 aliphatic carbocycles. The number of allylic oxidation sites excluding steroid dienone is 2. The predicted octanol–water partition coefficient (Wildman–Crippen LogP) is 3.28. The average Bonchev–Trinajstić information content (AvgIpc) is 2.64. The number of carbonyl (C=O) groups excluding carboxylic acids is 1. The van der Waals surface area contributed by atoms with Gasteiger partial charge in [-0.25, -0.2) is 4.98 Å². The number of pyridine rings is 1. The number of nitrogens with zero attached hydrogens (tertiary/aromatic N) is 2. The van der Waals surface area contributed by atoms with Crippen LogP contribution < -0.4 is 10.1 Å². The van der Waals surface area contributed by atoms with Crippen molar-refractivity contribution in [3.8, 4) is 5.88 Å². The molecule has 7 heteroatoms. The molecule has 0 radical (unpaired) electrons. The van der Waals surface area contributed by atoms with Crippen LogP contribution in [0.5, 0.6) is 5.88 Å². The summed E-state index contributed by atoms with van der Waals surface area (Å²) >= 11 is 0. The van der Waals surface area contributed by atoms with Crippen LogP contribution >= 0.6 is 0 Å². The number of hydrogen-bond donors (Lipinski definition) is 1. The van der Waals surface area contributed by atoms with Crippen molar-refractivity contribution < 1.29 is 14.5 Å². The topological polar surface area (TPSA) is 94.4 Å². The van der Waals surface area contributed by atoms with Gasteiger partial charge in [-0.2, -0.15) is 0 Å². The van der Waals surface area contributed by atoms with Gasteiger partial charge in [0.2, 0.25) is 5.88 Å². The van der Waals surface area contributed by atoms with E-state index in [-0.39, 0.29) is 18.1 Å². The van der Waals surface area contributed by atoms with E-state index < -0.39 is 4.92 Å². The highest BCUT2D eigenvalue weighted by Crippen LogP contribution is 2.26. The van der Waals surface area contributed by atoms with Crippen LogP contribution in [0.15, 0.2) is 36.4 Å². The van der Waals surface area contributed by atoms with Crippen LogP contribution in [-0.4, -0.2) is 22.9 Å². The maximum Gasteiger partial charge on any atom is 0.273 e. The molecule has 1 aliphatic heterocycles. The van der Waals surface area contributed by atoms with E-state index in [9.17, 15) is 14.9 Å². The van der Waals surface area contributed by atoms with Gasteiger partial charge in [0.1, 0.15) is 0 Å². The summed E-state index contributed by atoms with van der Waals surface area (Å²) in [6.45, 7) is 2.15. The third-order valence-corrected chi connectivity index (χ3v) is 4.59. The van der Waals surface area contributed by atoms with Gasteiger partial charge in [0, 0.05) is 35.0 Å². The normalized spacial score (nSPS) is 15.4.